The van der Waals surface area contributed by atoms with E-state index in [4.69, 9.17) is 9.15 Å². The first-order valence-corrected chi connectivity index (χ1v) is 9.93. The maximum atomic E-state index is 12.8. The molecule has 0 fully saturated rings. The normalized spacial score (nSPS) is 12.4. The maximum absolute atomic E-state index is 12.8. The second-order valence-corrected chi connectivity index (χ2v) is 6.59. The van der Waals surface area contributed by atoms with Gasteiger partial charge in [0.1, 0.15) is 11.5 Å². The Balaban J connectivity index is 1.94. The van der Waals surface area contributed by atoms with Crippen molar-refractivity contribution < 1.29 is 13.9 Å². The largest absolute Gasteiger partial charge is 0.493 e. The molecule has 2 aromatic carbocycles. The van der Waals surface area contributed by atoms with E-state index in [2.05, 4.69) is 17.5 Å². The highest BCUT2D eigenvalue weighted by molar-refractivity contribution is 6.06. The molecule has 5 nitrogen and oxygen atoms in total. The van der Waals surface area contributed by atoms with Gasteiger partial charge in [-0.25, -0.2) is 5.43 Å². The number of carbonyl (C=O) groups excluding carboxylic acids is 1. The van der Waals surface area contributed by atoms with Crippen LogP contribution in [0.1, 0.15) is 54.3 Å². The van der Waals surface area contributed by atoms with Crippen molar-refractivity contribution in [1.29, 1.82) is 0 Å². The lowest BCUT2D eigenvalue weighted by molar-refractivity contribution is 0.0951. The highest BCUT2D eigenvalue weighted by Crippen LogP contribution is 2.27. The van der Waals surface area contributed by atoms with Crippen LogP contribution in [0.4, 0.5) is 0 Å². The summed E-state index contributed by atoms with van der Waals surface area (Å²) in [5.41, 5.74) is 4.89. The average Bonchev–Trinajstić information content (AvgIpc) is 3.29. The zero-order chi connectivity index (χ0) is 20.5. The first-order valence-electron chi connectivity index (χ1n) is 9.93. The van der Waals surface area contributed by atoms with Gasteiger partial charge in [-0.2, -0.15) is 5.10 Å². The van der Waals surface area contributed by atoms with E-state index in [1.165, 1.54) is 0 Å². The summed E-state index contributed by atoms with van der Waals surface area (Å²) in [5, 5.41) is 4.55. The lowest BCUT2D eigenvalue weighted by Crippen LogP contribution is -2.24. The van der Waals surface area contributed by atoms with Gasteiger partial charge in [0.15, 0.2) is 0 Å². The maximum Gasteiger partial charge on any atom is 0.275 e. The molecule has 0 bridgehead atoms. The van der Waals surface area contributed by atoms with Gasteiger partial charge in [-0.15, -0.1) is 0 Å². The van der Waals surface area contributed by atoms with E-state index in [9.17, 15) is 4.79 Å². The number of rotatable bonds is 9. The highest BCUT2D eigenvalue weighted by Gasteiger charge is 2.23. The standard InChI is InChI=1S/C24H26N2O3/c1-3-11-19(21-16-10-17-29-21)23(18-12-6-5-7-13-18)25-26-24(27)20-14-8-9-15-22(20)28-4-2/h5-10,12-17,19H,3-4,11H2,1-2H3,(H,26,27)/b25-23-. The van der Waals surface area contributed by atoms with Crippen LogP contribution in [0.25, 0.3) is 0 Å². The number of para-hydroxylation sites is 1. The second kappa shape index (κ2) is 10.3. The molecule has 150 valence electrons. The Morgan fingerprint density at radius 3 is 2.48 bits per heavy atom. The summed E-state index contributed by atoms with van der Waals surface area (Å²) in [7, 11) is 0. The first-order chi connectivity index (χ1) is 14.2. The lowest BCUT2D eigenvalue weighted by Gasteiger charge is -2.17. The van der Waals surface area contributed by atoms with Crippen molar-refractivity contribution in [2.45, 2.75) is 32.6 Å². The van der Waals surface area contributed by atoms with E-state index >= 15 is 0 Å². The van der Waals surface area contributed by atoms with Crippen molar-refractivity contribution in [3.8, 4) is 5.75 Å². The van der Waals surface area contributed by atoms with Crippen molar-refractivity contribution in [3.05, 3.63) is 89.9 Å². The fourth-order valence-corrected chi connectivity index (χ4v) is 3.25. The molecular formula is C24H26N2O3. The van der Waals surface area contributed by atoms with Gasteiger partial charge < -0.3 is 9.15 Å². The molecule has 1 amide bonds. The third-order valence-corrected chi connectivity index (χ3v) is 4.57. The third kappa shape index (κ3) is 5.13. The van der Waals surface area contributed by atoms with Crippen molar-refractivity contribution in [2.24, 2.45) is 5.10 Å². The fourth-order valence-electron chi connectivity index (χ4n) is 3.25. The van der Waals surface area contributed by atoms with Crippen LogP contribution in [-0.2, 0) is 0 Å². The van der Waals surface area contributed by atoms with E-state index in [1.54, 1.807) is 18.4 Å². The Bertz CT molecular complexity index is 934. The van der Waals surface area contributed by atoms with Crippen LogP contribution >= 0.6 is 0 Å². The van der Waals surface area contributed by atoms with Crippen LogP contribution in [0.2, 0.25) is 0 Å². The number of carbonyl (C=O) groups is 1. The Hall–Kier alpha value is -3.34. The number of hydrogen-bond acceptors (Lipinski definition) is 4. The molecule has 3 rings (SSSR count). The van der Waals surface area contributed by atoms with Crippen LogP contribution in [0.3, 0.4) is 0 Å². The van der Waals surface area contributed by atoms with Crippen LogP contribution in [-0.4, -0.2) is 18.2 Å². The fraction of sp³-hybridized carbons (Fsp3) is 0.250. The summed E-state index contributed by atoms with van der Waals surface area (Å²) in [6.45, 7) is 4.49. The predicted octanol–water partition coefficient (Wildman–Crippen LogP) is 5.40. The Kier molecular flexibility index (Phi) is 7.22. The summed E-state index contributed by atoms with van der Waals surface area (Å²) in [5.74, 6) is 1.01. The Morgan fingerprint density at radius 1 is 1.03 bits per heavy atom. The molecule has 0 aliphatic rings. The molecule has 1 heterocycles. The summed E-state index contributed by atoms with van der Waals surface area (Å²) in [4.78, 5) is 12.8. The van der Waals surface area contributed by atoms with Crippen molar-refractivity contribution in [2.75, 3.05) is 6.61 Å². The van der Waals surface area contributed by atoms with Crippen molar-refractivity contribution in [1.82, 2.24) is 5.43 Å². The van der Waals surface area contributed by atoms with Gasteiger partial charge >= 0.3 is 0 Å². The van der Waals surface area contributed by atoms with Gasteiger partial charge in [0.25, 0.3) is 5.91 Å². The van der Waals surface area contributed by atoms with E-state index in [-0.39, 0.29) is 11.8 Å². The Labute approximate surface area is 171 Å². The molecule has 0 saturated heterocycles. The van der Waals surface area contributed by atoms with Gasteiger partial charge in [0.2, 0.25) is 0 Å². The van der Waals surface area contributed by atoms with E-state index in [1.807, 2.05) is 61.5 Å². The molecule has 0 saturated carbocycles. The van der Waals surface area contributed by atoms with E-state index in [0.29, 0.717) is 17.9 Å². The minimum atomic E-state index is -0.308. The molecule has 1 unspecified atom stereocenters. The number of ether oxygens (including phenoxy) is 1. The number of furan rings is 1. The molecule has 0 aliphatic carbocycles. The highest BCUT2D eigenvalue weighted by atomic mass is 16.5. The number of benzene rings is 2. The number of amides is 1. The summed E-state index contributed by atoms with van der Waals surface area (Å²) >= 11 is 0. The van der Waals surface area contributed by atoms with E-state index in [0.717, 1.165) is 29.9 Å². The summed E-state index contributed by atoms with van der Waals surface area (Å²) in [6.07, 6.45) is 3.47. The van der Waals surface area contributed by atoms with Crippen molar-refractivity contribution >= 4 is 11.6 Å². The van der Waals surface area contributed by atoms with Crippen LogP contribution in [0.5, 0.6) is 5.75 Å². The second-order valence-electron chi connectivity index (χ2n) is 6.59. The monoisotopic (exact) mass is 390 g/mol. The zero-order valence-electron chi connectivity index (χ0n) is 16.8. The molecule has 0 spiro atoms. The molecule has 0 radical (unpaired) electrons. The van der Waals surface area contributed by atoms with Crippen LogP contribution in [0, 0.1) is 0 Å². The first kappa shape index (κ1) is 20.4. The molecule has 0 aliphatic heterocycles. The average molecular weight is 390 g/mol. The van der Waals surface area contributed by atoms with E-state index < -0.39 is 0 Å². The molecular weight excluding hydrogens is 364 g/mol. The third-order valence-electron chi connectivity index (χ3n) is 4.57. The van der Waals surface area contributed by atoms with Crippen molar-refractivity contribution in [3.63, 3.8) is 0 Å². The van der Waals surface area contributed by atoms with Gasteiger partial charge in [-0.05, 0) is 43.2 Å². The summed E-state index contributed by atoms with van der Waals surface area (Å²) in [6, 6.07) is 20.8. The van der Waals surface area contributed by atoms with Gasteiger partial charge in [0, 0.05) is 0 Å². The topological polar surface area (TPSA) is 63.8 Å². The molecule has 1 aromatic heterocycles. The molecule has 29 heavy (non-hydrogen) atoms. The number of hydrazone groups is 1. The zero-order valence-corrected chi connectivity index (χ0v) is 16.8. The van der Waals surface area contributed by atoms with Crippen LogP contribution < -0.4 is 10.2 Å². The predicted molar refractivity (Wildman–Crippen MR) is 114 cm³/mol. The smallest absolute Gasteiger partial charge is 0.275 e. The Morgan fingerprint density at radius 2 is 1.79 bits per heavy atom. The molecule has 3 aromatic rings. The molecule has 5 heteroatoms. The van der Waals surface area contributed by atoms with Gasteiger partial charge in [-0.1, -0.05) is 55.8 Å². The molecule has 1 atom stereocenters. The number of nitrogens with zero attached hydrogens (tertiary/aromatic N) is 1. The minimum absolute atomic E-state index is 0.0557. The SMILES string of the molecule is CCCC(/C(=N\NC(=O)c1ccccc1OCC)c1ccccc1)c1ccco1. The van der Waals surface area contributed by atoms with Gasteiger partial charge in [-0.3, -0.25) is 4.79 Å². The van der Waals surface area contributed by atoms with Gasteiger partial charge in [0.05, 0.1) is 30.1 Å². The van der Waals surface area contributed by atoms with Crippen LogP contribution in [0.15, 0.2) is 82.5 Å². The number of hydrogen-bond donors (Lipinski definition) is 1. The number of nitrogens with one attached hydrogen (secondary N) is 1. The molecule has 1 N–H and O–H groups in total. The minimum Gasteiger partial charge on any atom is -0.493 e. The quantitative estimate of drug-likeness (QED) is 0.393. The lowest BCUT2D eigenvalue weighted by atomic mass is 9.90. The summed E-state index contributed by atoms with van der Waals surface area (Å²) < 4.78 is 11.2.